The van der Waals surface area contributed by atoms with Crippen LogP contribution >= 0.6 is 0 Å². The summed E-state index contributed by atoms with van der Waals surface area (Å²) in [5.74, 6) is 1.25. The van der Waals surface area contributed by atoms with Gasteiger partial charge in [0.2, 0.25) is 5.89 Å². The van der Waals surface area contributed by atoms with Gasteiger partial charge in [0.05, 0.1) is 13.2 Å². The summed E-state index contributed by atoms with van der Waals surface area (Å²) >= 11 is 0. The Morgan fingerprint density at radius 3 is 3.00 bits per heavy atom. The molecule has 1 aromatic heterocycles. The van der Waals surface area contributed by atoms with Crippen molar-refractivity contribution < 1.29 is 14.0 Å². The summed E-state index contributed by atoms with van der Waals surface area (Å²) in [7, 11) is 1.72. The topological polar surface area (TPSA) is 69.4 Å². The quantitative estimate of drug-likeness (QED) is 0.778. The molecule has 1 atom stereocenters. The molecule has 1 aromatic rings. The Kier molecular flexibility index (Phi) is 3.52. The highest BCUT2D eigenvalue weighted by atomic mass is 16.5. The Morgan fingerprint density at radius 2 is 2.44 bits per heavy atom. The van der Waals surface area contributed by atoms with Gasteiger partial charge in [0.25, 0.3) is 0 Å². The lowest BCUT2D eigenvalue weighted by Gasteiger charge is -2.25. The van der Waals surface area contributed by atoms with Crippen molar-refractivity contribution >= 4 is 0 Å². The van der Waals surface area contributed by atoms with Crippen LogP contribution in [0.5, 0.6) is 0 Å². The van der Waals surface area contributed by atoms with Gasteiger partial charge in [0.1, 0.15) is 5.60 Å². The van der Waals surface area contributed by atoms with Gasteiger partial charge in [-0.25, -0.2) is 0 Å². The number of hydrogen-bond donors (Lipinski definition) is 1. The van der Waals surface area contributed by atoms with E-state index in [1.165, 1.54) is 0 Å². The van der Waals surface area contributed by atoms with Crippen LogP contribution in [-0.2, 0) is 16.0 Å². The summed E-state index contributed by atoms with van der Waals surface area (Å²) in [6, 6.07) is 0. The maximum Gasteiger partial charge on any atom is 0.223 e. The van der Waals surface area contributed by atoms with Crippen molar-refractivity contribution in [1.29, 1.82) is 0 Å². The van der Waals surface area contributed by atoms with Crippen molar-refractivity contribution in [2.24, 2.45) is 0 Å². The first-order valence-electron chi connectivity index (χ1n) is 5.37. The second kappa shape index (κ2) is 4.90. The molecule has 0 bridgehead atoms. The summed E-state index contributed by atoms with van der Waals surface area (Å²) in [5.41, 5.74) is -0.196. The molecule has 6 nitrogen and oxygen atoms in total. The fourth-order valence-corrected chi connectivity index (χ4v) is 1.78. The number of methoxy groups -OCH3 is 1. The average molecular weight is 227 g/mol. The molecule has 0 spiro atoms. The number of aryl methyl sites for hydroxylation is 1. The largest absolute Gasteiger partial charge is 0.378 e. The lowest BCUT2D eigenvalue weighted by Crippen LogP contribution is -2.42. The van der Waals surface area contributed by atoms with Crippen molar-refractivity contribution in [3.05, 3.63) is 11.7 Å². The van der Waals surface area contributed by atoms with Crippen LogP contribution < -0.4 is 5.32 Å². The first kappa shape index (κ1) is 11.5. The van der Waals surface area contributed by atoms with Gasteiger partial charge in [0, 0.05) is 33.6 Å². The number of nitrogens with one attached hydrogen (secondary N) is 1. The minimum Gasteiger partial charge on any atom is -0.378 e. The molecule has 16 heavy (non-hydrogen) atoms. The van der Waals surface area contributed by atoms with Gasteiger partial charge >= 0.3 is 0 Å². The van der Waals surface area contributed by atoms with Gasteiger partial charge in [0.15, 0.2) is 5.82 Å². The maximum absolute atomic E-state index is 5.49. The number of hydrogen-bond acceptors (Lipinski definition) is 6. The standard InChI is InChI=1S/C10H17N3O3/c1-8-12-9(13-16-8)5-11-6-10(14-2)3-4-15-7-10/h11H,3-7H2,1-2H3. The highest BCUT2D eigenvalue weighted by Gasteiger charge is 2.34. The van der Waals surface area contributed by atoms with Crippen LogP contribution in [0.15, 0.2) is 4.52 Å². The second-order valence-electron chi connectivity index (χ2n) is 4.02. The molecule has 6 heteroatoms. The van der Waals surface area contributed by atoms with E-state index in [1.54, 1.807) is 14.0 Å². The molecule has 2 rings (SSSR count). The Morgan fingerprint density at radius 1 is 1.56 bits per heavy atom. The van der Waals surface area contributed by atoms with E-state index >= 15 is 0 Å². The number of rotatable bonds is 5. The van der Waals surface area contributed by atoms with Gasteiger partial charge in [-0.2, -0.15) is 4.98 Å². The zero-order valence-electron chi connectivity index (χ0n) is 9.65. The Bertz CT molecular complexity index is 334. The zero-order chi connectivity index (χ0) is 11.4. The minimum absolute atomic E-state index is 0.196. The summed E-state index contributed by atoms with van der Waals surface area (Å²) < 4.78 is 15.7. The first-order chi connectivity index (χ1) is 7.74. The van der Waals surface area contributed by atoms with Gasteiger partial charge in [-0.1, -0.05) is 5.16 Å². The smallest absolute Gasteiger partial charge is 0.223 e. The second-order valence-corrected chi connectivity index (χ2v) is 4.02. The lowest BCUT2D eigenvalue weighted by molar-refractivity contribution is -0.0160. The van der Waals surface area contributed by atoms with Crippen molar-refractivity contribution in [2.75, 3.05) is 26.9 Å². The number of ether oxygens (including phenoxy) is 2. The van der Waals surface area contributed by atoms with Crippen LogP contribution in [0.25, 0.3) is 0 Å². The fourth-order valence-electron chi connectivity index (χ4n) is 1.78. The molecule has 0 aromatic carbocycles. The molecule has 0 radical (unpaired) electrons. The molecular formula is C10H17N3O3. The summed E-state index contributed by atoms with van der Waals surface area (Å²) in [4.78, 5) is 4.11. The minimum atomic E-state index is -0.196. The van der Waals surface area contributed by atoms with Crippen LogP contribution in [0.1, 0.15) is 18.1 Å². The number of nitrogens with zero attached hydrogens (tertiary/aromatic N) is 2. The molecular weight excluding hydrogens is 210 g/mol. The normalized spacial score (nSPS) is 25.1. The lowest BCUT2D eigenvalue weighted by atomic mass is 10.0. The third-order valence-electron chi connectivity index (χ3n) is 2.80. The van der Waals surface area contributed by atoms with Gasteiger partial charge in [-0.05, 0) is 0 Å². The predicted molar refractivity (Wildman–Crippen MR) is 55.9 cm³/mol. The van der Waals surface area contributed by atoms with Gasteiger partial charge in [-0.3, -0.25) is 0 Å². The maximum atomic E-state index is 5.49. The molecule has 1 unspecified atom stereocenters. The number of aromatic nitrogens is 2. The zero-order valence-corrected chi connectivity index (χ0v) is 9.65. The van der Waals surface area contributed by atoms with Crippen LogP contribution in [0.2, 0.25) is 0 Å². The van der Waals surface area contributed by atoms with Crippen molar-refractivity contribution in [3.63, 3.8) is 0 Å². The van der Waals surface area contributed by atoms with Crippen LogP contribution in [-0.4, -0.2) is 42.6 Å². The molecule has 0 aliphatic carbocycles. The van der Waals surface area contributed by atoms with Crippen LogP contribution in [0.3, 0.4) is 0 Å². The van der Waals surface area contributed by atoms with E-state index in [1.807, 2.05) is 0 Å². The van der Waals surface area contributed by atoms with Crippen molar-refractivity contribution in [2.45, 2.75) is 25.5 Å². The molecule has 0 amide bonds. The van der Waals surface area contributed by atoms with Crippen molar-refractivity contribution in [1.82, 2.24) is 15.5 Å². The molecule has 1 N–H and O–H groups in total. The molecule has 0 saturated carbocycles. The monoisotopic (exact) mass is 227 g/mol. The van der Waals surface area contributed by atoms with E-state index in [-0.39, 0.29) is 5.60 Å². The van der Waals surface area contributed by atoms with Crippen LogP contribution in [0, 0.1) is 6.92 Å². The van der Waals surface area contributed by atoms with E-state index < -0.39 is 0 Å². The van der Waals surface area contributed by atoms with Crippen molar-refractivity contribution in [3.8, 4) is 0 Å². The van der Waals surface area contributed by atoms with E-state index in [9.17, 15) is 0 Å². The van der Waals surface area contributed by atoms with E-state index in [2.05, 4.69) is 15.5 Å². The Labute approximate surface area is 94.3 Å². The molecule has 1 aliphatic rings. The Hall–Kier alpha value is -0.980. The SMILES string of the molecule is COC1(CNCc2noc(C)n2)CCOC1. The third kappa shape index (κ3) is 2.58. The van der Waals surface area contributed by atoms with E-state index in [0.717, 1.165) is 19.6 Å². The molecule has 1 aliphatic heterocycles. The van der Waals surface area contributed by atoms with E-state index in [4.69, 9.17) is 14.0 Å². The summed E-state index contributed by atoms with van der Waals surface area (Å²) in [6.07, 6.45) is 0.918. The highest BCUT2D eigenvalue weighted by molar-refractivity contribution is 4.89. The third-order valence-corrected chi connectivity index (χ3v) is 2.80. The molecule has 1 fully saturated rings. The van der Waals surface area contributed by atoms with Gasteiger partial charge in [-0.15, -0.1) is 0 Å². The summed E-state index contributed by atoms with van der Waals surface area (Å²) in [6.45, 7) is 4.50. The van der Waals surface area contributed by atoms with Crippen LogP contribution in [0.4, 0.5) is 0 Å². The molecule has 1 saturated heterocycles. The Balaban J connectivity index is 1.78. The highest BCUT2D eigenvalue weighted by Crippen LogP contribution is 2.21. The molecule has 90 valence electrons. The first-order valence-corrected chi connectivity index (χ1v) is 5.37. The summed E-state index contributed by atoms with van der Waals surface area (Å²) in [5, 5.41) is 7.07. The average Bonchev–Trinajstić information content (AvgIpc) is 2.89. The molecule has 2 heterocycles. The predicted octanol–water partition coefficient (Wildman–Crippen LogP) is 0.273. The van der Waals surface area contributed by atoms with Gasteiger partial charge < -0.3 is 19.3 Å². The fraction of sp³-hybridized carbons (Fsp3) is 0.800. The van der Waals surface area contributed by atoms with E-state index in [0.29, 0.717) is 24.9 Å².